The van der Waals surface area contributed by atoms with E-state index in [-0.39, 0.29) is 17.4 Å². The molecule has 0 saturated carbocycles. The normalized spacial score (nSPS) is 14.9. The molecule has 0 spiro atoms. The number of hydrogen-bond donors (Lipinski definition) is 0. The van der Waals surface area contributed by atoms with Crippen LogP contribution < -0.4 is 0 Å². The van der Waals surface area contributed by atoms with Crippen molar-refractivity contribution in [1.29, 1.82) is 0 Å². The fraction of sp³-hybridized carbons (Fsp3) is 0.250. The van der Waals surface area contributed by atoms with E-state index in [1.807, 2.05) is 42.6 Å². The summed E-state index contributed by atoms with van der Waals surface area (Å²) in [6, 6.07) is 12.8. The molecule has 196 valence electrons. The van der Waals surface area contributed by atoms with E-state index >= 15 is 0 Å². The van der Waals surface area contributed by atoms with Crippen LogP contribution in [0.3, 0.4) is 0 Å². The van der Waals surface area contributed by atoms with Crippen LogP contribution in [0.15, 0.2) is 64.5 Å². The van der Waals surface area contributed by atoms with Crippen molar-refractivity contribution >= 4 is 23.3 Å². The summed E-state index contributed by atoms with van der Waals surface area (Å²) in [5.74, 6) is -0.901. The van der Waals surface area contributed by atoms with Gasteiger partial charge in [0, 0.05) is 41.6 Å². The van der Waals surface area contributed by atoms with Crippen LogP contribution in [0.2, 0.25) is 0 Å². The van der Waals surface area contributed by atoms with Gasteiger partial charge in [0.15, 0.2) is 0 Å². The summed E-state index contributed by atoms with van der Waals surface area (Å²) < 4.78 is 58.5. The number of alkyl halides is 3. The summed E-state index contributed by atoms with van der Waals surface area (Å²) in [6.45, 7) is 2.79. The van der Waals surface area contributed by atoms with Gasteiger partial charge >= 0.3 is 6.18 Å². The number of benzene rings is 2. The molecule has 5 nitrogen and oxygen atoms in total. The molecular formula is C28H23F4N3O2S. The molecule has 0 unspecified atom stereocenters. The SMILES string of the molecule is Cc1onc(-c2ccccc2)c1-c1csc(C2CCN(C(=O)/C=C/c3cccc(C(F)(F)F)c3F)CC2)n1. The summed E-state index contributed by atoms with van der Waals surface area (Å²) in [5.41, 5.74) is 1.71. The fourth-order valence-corrected chi connectivity index (χ4v) is 5.55. The van der Waals surface area contributed by atoms with Gasteiger partial charge in [0.25, 0.3) is 0 Å². The second kappa shape index (κ2) is 10.5. The third-order valence-corrected chi connectivity index (χ3v) is 7.59. The Hall–Kier alpha value is -3.79. The van der Waals surface area contributed by atoms with Gasteiger partial charge in [-0.2, -0.15) is 13.2 Å². The molecular weight excluding hydrogens is 518 g/mol. The standard InChI is InChI=1S/C28H23F4N3O2S/c1-17-24(26(34-37-17)19-6-3-2-4-7-19)22-16-38-27(33-22)20-12-14-35(15-13-20)23(36)11-10-18-8-5-9-21(25(18)29)28(30,31)32/h2-11,16,20H,12-15H2,1H3/b11-10+. The predicted octanol–water partition coefficient (Wildman–Crippen LogP) is 7.35. The number of halogens is 4. The van der Waals surface area contributed by atoms with E-state index in [1.165, 1.54) is 6.07 Å². The van der Waals surface area contributed by atoms with Crippen LogP contribution in [0, 0.1) is 12.7 Å². The first kappa shape index (κ1) is 25.8. The Kier molecular flexibility index (Phi) is 7.16. The van der Waals surface area contributed by atoms with Gasteiger partial charge in [0.05, 0.1) is 21.8 Å². The maximum atomic E-state index is 14.2. The zero-order valence-corrected chi connectivity index (χ0v) is 21.2. The molecule has 1 amide bonds. The number of carbonyl (C=O) groups is 1. The fourth-order valence-electron chi connectivity index (χ4n) is 4.57. The molecule has 0 radical (unpaired) electrons. The van der Waals surface area contributed by atoms with Crippen molar-refractivity contribution < 1.29 is 26.9 Å². The van der Waals surface area contributed by atoms with Crippen LogP contribution in [-0.2, 0) is 11.0 Å². The van der Waals surface area contributed by atoms with Crippen LogP contribution in [0.1, 0.15) is 40.7 Å². The molecule has 38 heavy (non-hydrogen) atoms. The Balaban J connectivity index is 1.24. The molecule has 2 aromatic heterocycles. The van der Waals surface area contributed by atoms with Crippen molar-refractivity contribution in [2.45, 2.75) is 31.9 Å². The molecule has 3 heterocycles. The molecule has 0 atom stereocenters. The number of piperidine rings is 1. The summed E-state index contributed by atoms with van der Waals surface area (Å²) in [4.78, 5) is 19.1. The van der Waals surface area contributed by atoms with Crippen molar-refractivity contribution in [3.8, 4) is 22.5 Å². The molecule has 0 bridgehead atoms. The topological polar surface area (TPSA) is 59.2 Å². The molecule has 2 aromatic carbocycles. The number of thiazole rings is 1. The van der Waals surface area contributed by atoms with Gasteiger partial charge in [-0.05, 0) is 31.9 Å². The number of rotatable bonds is 5. The summed E-state index contributed by atoms with van der Waals surface area (Å²) in [7, 11) is 0. The number of aromatic nitrogens is 2. The van der Waals surface area contributed by atoms with Crippen LogP contribution in [0.4, 0.5) is 17.6 Å². The first-order chi connectivity index (χ1) is 18.2. The zero-order valence-electron chi connectivity index (χ0n) is 20.3. The van der Waals surface area contributed by atoms with Gasteiger partial charge in [-0.1, -0.05) is 47.6 Å². The molecule has 1 saturated heterocycles. The van der Waals surface area contributed by atoms with Crippen molar-refractivity contribution in [2.24, 2.45) is 0 Å². The van der Waals surface area contributed by atoms with Gasteiger partial charge in [-0.15, -0.1) is 11.3 Å². The van der Waals surface area contributed by atoms with E-state index in [0.717, 1.165) is 45.7 Å². The van der Waals surface area contributed by atoms with Crippen LogP contribution in [-0.4, -0.2) is 34.0 Å². The Morgan fingerprint density at radius 3 is 2.55 bits per heavy atom. The van der Waals surface area contributed by atoms with E-state index in [9.17, 15) is 22.4 Å². The van der Waals surface area contributed by atoms with Gasteiger partial charge in [0.2, 0.25) is 5.91 Å². The van der Waals surface area contributed by atoms with Crippen LogP contribution >= 0.6 is 11.3 Å². The molecule has 5 rings (SSSR count). The average Bonchev–Trinajstić information content (AvgIpc) is 3.54. The molecule has 1 aliphatic heterocycles. The largest absolute Gasteiger partial charge is 0.419 e. The predicted molar refractivity (Wildman–Crippen MR) is 137 cm³/mol. The molecule has 0 N–H and O–H groups in total. The third kappa shape index (κ3) is 5.26. The lowest BCUT2D eigenvalue weighted by molar-refractivity contribution is -0.140. The Morgan fingerprint density at radius 1 is 1.11 bits per heavy atom. The number of amides is 1. The first-order valence-corrected chi connectivity index (χ1v) is 12.9. The monoisotopic (exact) mass is 541 g/mol. The highest BCUT2D eigenvalue weighted by atomic mass is 32.1. The van der Waals surface area contributed by atoms with Crippen molar-refractivity contribution in [2.75, 3.05) is 13.1 Å². The molecule has 1 fully saturated rings. The van der Waals surface area contributed by atoms with Crippen molar-refractivity contribution in [1.82, 2.24) is 15.0 Å². The highest BCUT2D eigenvalue weighted by Gasteiger charge is 2.34. The molecule has 4 aromatic rings. The Morgan fingerprint density at radius 2 is 1.84 bits per heavy atom. The summed E-state index contributed by atoms with van der Waals surface area (Å²) in [6.07, 6.45) is -1.19. The summed E-state index contributed by atoms with van der Waals surface area (Å²) in [5, 5.41) is 7.19. The Bertz CT molecular complexity index is 1470. The molecule has 10 heteroatoms. The molecule has 0 aliphatic carbocycles. The smallest absolute Gasteiger partial charge is 0.360 e. The maximum Gasteiger partial charge on any atom is 0.419 e. The minimum atomic E-state index is -4.80. The molecule has 1 aliphatic rings. The first-order valence-electron chi connectivity index (χ1n) is 12.0. The van der Waals surface area contributed by atoms with E-state index < -0.39 is 17.6 Å². The number of aryl methyl sites for hydroxylation is 1. The van der Waals surface area contributed by atoms with Gasteiger partial charge in [0.1, 0.15) is 17.3 Å². The van der Waals surface area contributed by atoms with Crippen LogP contribution in [0.25, 0.3) is 28.6 Å². The lowest BCUT2D eigenvalue weighted by Gasteiger charge is -2.30. The minimum absolute atomic E-state index is 0.169. The van der Waals surface area contributed by atoms with Crippen molar-refractivity contribution in [3.05, 3.63) is 87.7 Å². The van der Waals surface area contributed by atoms with E-state index in [1.54, 1.807) is 16.2 Å². The van der Waals surface area contributed by atoms with Gasteiger partial charge in [-0.25, -0.2) is 9.37 Å². The van der Waals surface area contributed by atoms with E-state index in [2.05, 4.69) is 5.16 Å². The second-order valence-electron chi connectivity index (χ2n) is 9.04. The van der Waals surface area contributed by atoms with Crippen molar-refractivity contribution in [3.63, 3.8) is 0 Å². The lowest BCUT2D eigenvalue weighted by Crippen LogP contribution is -2.36. The highest BCUT2D eigenvalue weighted by Crippen LogP contribution is 2.38. The number of carbonyl (C=O) groups excluding carboxylic acids is 1. The van der Waals surface area contributed by atoms with Crippen LogP contribution in [0.5, 0.6) is 0 Å². The van der Waals surface area contributed by atoms with Gasteiger partial charge < -0.3 is 9.42 Å². The third-order valence-electron chi connectivity index (χ3n) is 6.58. The number of nitrogens with zero attached hydrogens (tertiary/aromatic N) is 3. The highest BCUT2D eigenvalue weighted by molar-refractivity contribution is 7.10. The van der Waals surface area contributed by atoms with E-state index in [0.29, 0.717) is 37.8 Å². The zero-order chi connectivity index (χ0) is 26.9. The lowest BCUT2D eigenvalue weighted by atomic mass is 9.97. The quantitative estimate of drug-likeness (QED) is 0.196. The summed E-state index contributed by atoms with van der Waals surface area (Å²) >= 11 is 1.56. The number of likely N-dealkylation sites (tertiary alicyclic amines) is 1. The maximum absolute atomic E-state index is 14.2. The van der Waals surface area contributed by atoms with Gasteiger partial charge in [-0.3, -0.25) is 4.79 Å². The van der Waals surface area contributed by atoms with E-state index in [4.69, 9.17) is 9.51 Å². The average molecular weight is 542 g/mol. The number of hydrogen-bond acceptors (Lipinski definition) is 5. The second-order valence-corrected chi connectivity index (χ2v) is 9.93. The minimum Gasteiger partial charge on any atom is -0.360 e. The Labute approximate surface area is 220 Å².